The van der Waals surface area contributed by atoms with Gasteiger partial charge in [-0.05, 0) is 41.5 Å². The van der Waals surface area contributed by atoms with Gasteiger partial charge >= 0.3 is 12.1 Å². The zero-order valence-electron chi connectivity index (χ0n) is 19.5. The van der Waals surface area contributed by atoms with Crippen molar-refractivity contribution < 1.29 is 24.2 Å². The van der Waals surface area contributed by atoms with Gasteiger partial charge in [-0.3, -0.25) is 9.59 Å². The number of benzene rings is 2. The van der Waals surface area contributed by atoms with Gasteiger partial charge in [-0.15, -0.1) is 0 Å². The number of hydrogen-bond donors (Lipinski definition) is 2. The zero-order valence-corrected chi connectivity index (χ0v) is 19.5. The summed E-state index contributed by atoms with van der Waals surface area (Å²) in [5.74, 6) is -1.52. The Kier molecular flexibility index (Phi) is 7.50. The molecule has 2 N–H and O–H groups in total. The lowest BCUT2D eigenvalue weighted by molar-refractivity contribution is -0.145. The molecule has 7 nitrogen and oxygen atoms in total. The van der Waals surface area contributed by atoms with E-state index in [1.54, 1.807) is 4.90 Å². The van der Waals surface area contributed by atoms with Gasteiger partial charge in [-0.2, -0.15) is 0 Å². The van der Waals surface area contributed by atoms with Gasteiger partial charge in [0.2, 0.25) is 5.91 Å². The fourth-order valence-electron chi connectivity index (χ4n) is 5.13. The molecule has 2 aromatic carbocycles. The van der Waals surface area contributed by atoms with Crippen molar-refractivity contribution in [2.24, 2.45) is 5.92 Å². The molecular formula is C27H32N2O5. The molecule has 1 fully saturated rings. The fourth-order valence-corrected chi connectivity index (χ4v) is 5.13. The molecule has 1 saturated heterocycles. The van der Waals surface area contributed by atoms with Gasteiger partial charge in [0.15, 0.2) is 0 Å². The Morgan fingerprint density at radius 1 is 1.09 bits per heavy atom. The van der Waals surface area contributed by atoms with Gasteiger partial charge in [0.05, 0.1) is 5.92 Å². The van der Waals surface area contributed by atoms with Gasteiger partial charge < -0.3 is 20.1 Å². The van der Waals surface area contributed by atoms with Crippen LogP contribution in [0.5, 0.6) is 0 Å². The topological polar surface area (TPSA) is 95.9 Å². The summed E-state index contributed by atoms with van der Waals surface area (Å²) in [5, 5.41) is 12.2. The molecule has 2 aliphatic rings. The van der Waals surface area contributed by atoms with Crippen LogP contribution in [-0.4, -0.2) is 53.7 Å². The van der Waals surface area contributed by atoms with Crippen molar-refractivity contribution in [1.29, 1.82) is 0 Å². The molecule has 2 aromatic rings. The summed E-state index contributed by atoms with van der Waals surface area (Å²) in [7, 11) is 0. The SMILES string of the molecule is CCC[C@H](CC(=O)N1CCCC(C(=O)O)C1)NC(=O)OCC1c2ccccc2-c2ccccc21. The van der Waals surface area contributed by atoms with Crippen LogP contribution >= 0.6 is 0 Å². The minimum Gasteiger partial charge on any atom is -0.481 e. The standard InChI is InChI=1S/C27H32N2O5/c1-2-8-19(15-25(30)29-14-7-9-18(16-29)26(31)32)28-27(33)34-17-24-22-12-5-3-10-20(22)21-11-4-6-13-23(21)24/h3-6,10-13,18-19,24H,2,7-9,14-17H2,1H3,(H,28,33)(H,31,32)/t18?,19-/m1/s1. The second kappa shape index (κ2) is 10.7. The van der Waals surface area contributed by atoms with E-state index in [0.717, 1.165) is 17.5 Å². The number of aliphatic carboxylic acids is 1. The lowest BCUT2D eigenvalue weighted by Gasteiger charge is -2.32. The van der Waals surface area contributed by atoms with Crippen LogP contribution < -0.4 is 5.32 Å². The lowest BCUT2D eigenvalue weighted by atomic mass is 9.97. The number of carbonyl (C=O) groups excluding carboxylic acids is 2. The molecule has 4 rings (SSSR count). The van der Waals surface area contributed by atoms with E-state index in [9.17, 15) is 19.5 Å². The van der Waals surface area contributed by atoms with Crippen molar-refractivity contribution in [3.63, 3.8) is 0 Å². The monoisotopic (exact) mass is 464 g/mol. The number of ether oxygens (including phenoxy) is 1. The predicted molar refractivity (Wildman–Crippen MR) is 128 cm³/mol. The van der Waals surface area contributed by atoms with E-state index in [1.165, 1.54) is 11.1 Å². The normalized spacial score (nSPS) is 18.0. The average molecular weight is 465 g/mol. The first-order chi connectivity index (χ1) is 16.5. The Morgan fingerprint density at radius 2 is 1.74 bits per heavy atom. The number of carboxylic acids is 1. The minimum absolute atomic E-state index is 0.0225. The number of fused-ring (bicyclic) bond motifs is 3. The van der Waals surface area contributed by atoms with E-state index in [1.807, 2.05) is 31.2 Å². The maximum atomic E-state index is 12.8. The van der Waals surface area contributed by atoms with Crippen molar-refractivity contribution in [3.8, 4) is 11.1 Å². The summed E-state index contributed by atoms with van der Waals surface area (Å²) < 4.78 is 5.64. The van der Waals surface area contributed by atoms with Gasteiger partial charge in [-0.1, -0.05) is 61.9 Å². The quantitative estimate of drug-likeness (QED) is 0.603. The smallest absolute Gasteiger partial charge is 0.407 e. The number of piperidine rings is 1. The number of hydrogen-bond acceptors (Lipinski definition) is 4. The predicted octanol–water partition coefficient (Wildman–Crippen LogP) is 4.41. The maximum absolute atomic E-state index is 12.8. The van der Waals surface area contributed by atoms with E-state index in [0.29, 0.717) is 25.8 Å². The summed E-state index contributed by atoms with van der Waals surface area (Å²) in [5.41, 5.74) is 4.63. The largest absolute Gasteiger partial charge is 0.481 e. The van der Waals surface area contributed by atoms with E-state index < -0.39 is 18.0 Å². The molecule has 0 aromatic heterocycles. The first kappa shape index (κ1) is 23.8. The highest BCUT2D eigenvalue weighted by Crippen LogP contribution is 2.44. The molecule has 0 radical (unpaired) electrons. The van der Waals surface area contributed by atoms with Gasteiger partial charge in [0.25, 0.3) is 0 Å². The molecule has 0 saturated carbocycles. The highest BCUT2D eigenvalue weighted by molar-refractivity contribution is 5.80. The van der Waals surface area contributed by atoms with Crippen LogP contribution in [0.25, 0.3) is 11.1 Å². The van der Waals surface area contributed by atoms with Gasteiger partial charge in [0, 0.05) is 31.5 Å². The lowest BCUT2D eigenvalue weighted by Crippen LogP contribution is -2.45. The first-order valence-corrected chi connectivity index (χ1v) is 12.1. The molecule has 2 amide bonds. The van der Waals surface area contributed by atoms with Crippen molar-refractivity contribution in [2.75, 3.05) is 19.7 Å². The second-order valence-corrected chi connectivity index (χ2v) is 9.18. The van der Waals surface area contributed by atoms with Crippen LogP contribution in [0.4, 0.5) is 4.79 Å². The van der Waals surface area contributed by atoms with Crippen LogP contribution in [-0.2, 0) is 14.3 Å². The number of rotatable bonds is 8. The number of likely N-dealkylation sites (tertiary alicyclic amines) is 1. The number of alkyl carbamates (subject to hydrolysis) is 1. The molecular weight excluding hydrogens is 432 g/mol. The Bertz CT molecular complexity index is 1010. The van der Waals surface area contributed by atoms with Crippen molar-refractivity contribution >= 4 is 18.0 Å². The van der Waals surface area contributed by atoms with E-state index >= 15 is 0 Å². The molecule has 0 spiro atoms. The van der Waals surface area contributed by atoms with Crippen LogP contribution in [0, 0.1) is 5.92 Å². The molecule has 0 bridgehead atoms. The Morgan fingerprint density at radius 3 is 2.35 bits per heavy atom. The van der Waals surface area contributed by atoms with Gasteiger partial charge in [0.1, 0.15) is 6.61 Å². The number of nitrogens with one attached hydrogen (secondary N) is 1. The fraction of sp³-hybridized carbons (Fsp3) is 0.444. The third-order valence-corrected chi connectivity index (χ3v) is 6.85. The Balaban J connectivity index is 1.35. The summed E-state index contributed by atoms with van der Waals surface area (Å²) in [4.78, 5) is 38.4. The Labute approximate surface area is 200 Å². The minimum atomic E-state index is -0.862. The van der Waals surface area contributed by atoms with Crippen LogP contribution in [0.15, 0.2) is 48.5 Å². The van der Waals surface area contributed by atoms with E-state index in [4.69, 9.17) is 4.74 Å². The molecule has 34 heavy (non-hydrogen) atoms. The second-order valence-electron chi connectivity index (χ2n) is 9.18. The highest BCUT2D eigenvalue weighted by atomic mass is 16.5. The van der Waals surface area contributed by atoms with Crippen LogP contribution in [0.1, 0.15) is 56.1 Å². The van der Waals surface area contributed by atoms with Crippen LogP contribution in [0.3, 0.4) is 0 Å². The molecule has 1 unspecified atom stereocenters. The average Bonchev–Trinajstić information content (AvgIpc) is 3.16. The zero-order chi connectivity index (χ0) is 24.1. The maximum Gasteiger partial charge on any atom is 0.407 e. The van der Waals surface area contributed by atoms with Gasteiger partial charge in [-0.25, -0.2) is 4.79 Å². The molecule has 1 heterocycles. The van der Waals surface area contributed by atoms with Crippen LogP contribution in [0.2, 0.25) is 0 Å². The number of carboxylic acid groups (broad SMARTS) is 1. The first-order valence-electron chi connectivity index (χ1n) is 12.1. The summed E-state index contributed by atoms with van der Waals surface area (Å²) in [6, 6.07) is 16.0. The summed E-state index contributed by atoms with van der Waals surface area (Å²) in [6.45, 7) is 3.02. The van der Waals surface area contributed by atoms with Crippen molar-refractivity contribution in [2.45, 2.75) is 51.0 Å². The molecule has 180 valence electrons. The number of nitrogens with zero attached hydrogens (tertiary/aromatic N) is 1. The van der Waals surface area contributed by atoms with Crippen molar-refractivity contribution in [3.05, 3.63) is 59.7 Å². The number of amides is 2. The highest BCUT2D eigenvalue weighted by Gasteiger charge is 2.31. The third-order valence-electron chi connectivity index (χ3n) is 6.85. The molecule has 7 heteroatoms. The summed E-state index contributed by atoms with van der Waals surface area (Å²) in [6.07, 6.45) is 2.34. The third kappa shape index (κ3) is 5.24. The molecule has 1 aliphatic heterocycles. The van der Waals surface area contributed by atoms with E-state index in [2.05, 4.69) is 29.6 Å². The van der Waals surface area contributed by atoms with Crippen molar-refractivity contribution in [1.82, 2.24) is 10.2 Å². The number of carbonyl (C=O) groups is 3. The summed E-state index contributed by atoms with van der Waals surface area (Å²) >= 11 is 0. The molecule has 2 atom stereocenters. The van der Waals surface area contributed by atoms with E-state index in [-0.39, 0.29) is 37.4 Å². The Hall–Kier alpha value is -3.35. The molecule has 1 aliphatic carbocycles.